The van der Waals surface area contributed by atoms with Crippen molar-refractivity contribution in [3.8, 4) is 34.4 Å². The standard InChI is InChI=1S/C21H29N3O4/c1-6-10-23-13-17-19(14(9-11-25-2)16(12-22)24-17)15-7-8-18(26-3)21(28-5)20(15)27-4/h7-8,23-24H,6,9-11,13H2,1-5H3. The number of ether oxygens (including phenoxy) is 4. The van der Waals surface area contributed by atoms with Gasteiger partial charge in [0.25, 0.3) is 0 Å². The van der Waals surface area contributed by atoms with Crippen LogP contribution in [0.2, 0.25) is 0 Å². The highest BCUT2D eigenvalue weighted by molar-refractivity contribution is 5.81. The minimum atomic E-state index is 0.511. The first-order chi connectivity index (χ1) is 13.7. The molecule has 0 spiro atoms. The van der Waals surface area contributed by atoms with Crippen LogP contribution in [0.15, 0.2) is 12.1 Å². The van der Waals surface area contributed by atoms with Gasteiger partial charge in [0.2, 0.25) is 5.75 Å². The number of nitriles is 1. The smallest absolute Gasteiger partial charge is 0.203 e. The van der Waals surface area contributed by atoms with Crippen LogP contribution < -0.4 is 19.5 Å². The first-order valence-electron chi connectivity index (χ1n) is 9.29. The molecule has 2 N–H and O–H groups in total. The van der Waals surface area contributed by atoms with Gasteiger partial charge in [0, 0.05) is 30.5 Å². The summed E-state index contributed by atoms with van der Waals surface area (Å²) in [6.07, 6.45) is 1.63. The Morgan fingerprint density at radius 3 is 2.39 bits per heavy atom. The van der Waals surface area contributed by atoms with Gasteiger partial charge in [0.05, 0.1) is 27.9 Å². The van der Waals surface area contributed by atoms with Crippen LogP contribution in [0.5, 0.6) is 17.2 Å². The van der Waals surface area contributed by atoms with Gasteiger partial charge in [-0.25, -0.2) is 0 Å². The maximum Gasteiger partial charge on any atom is 0.203 e. The number of aromatic nitrogens is 1. The van der Waals surface area contributed by atoms with Crippen molar-refractivity contribution in [3.05, 3.63) is 29.1 Å². The summed E-state index contributed by atoms with van der Waals surface area (Å²) in [5, 5.41) is 13.1. The molecule has 7 heteroatoms. The third-order valence-electron chi connectivity index (χ3n) is 4.55. The molecule has 0 saturated heterocycles. The number of hydrogen-bond donors (Lipinski definition) is 2. The summed E-state index contributed by atoms with van der Waals surface area (Å²) < 4.78 is 21.9. The number of nitrogens with one attached hydrogen (secondary N) is 2. The van der Waals surface area contributed by atoms with Crippen LogP contribution in [-0.2, 0) is 17.7 Å². The Morgan fingerprint density at radius 2 is 1.82 bits per heavy atom. The van der Waals surface area contributed by atoms with Gasteiger partial charge in [-0.15, -0.1) is 0 Å². The van der Waals surface area contributed by atoms with Crippen LogP contribution in [0.4, 0.5) is 0 Å². The van der Waals surface area contributed by atoms with Crippen molar-refractivity contribution in [2.75, 3.05) is 41.6 Å². The fraction of sp³-hybridized carbons (Fsp3) is 0.476. The van der Waals surface area contributed by atoms with E-state index < -0.39 is 0 Å². The summed E-state index contributed by atoms with van der Waals surface area (Å²) in [6.45, 7) is 4.13. The van der Waals surface area contributed by atoms with Crippen molar-refractivity contribution in [2.24, 2.45) is 0 Å². The predicted molar refractivity (Wildman–Crippen MR) is 108 cm³/mol. The number of nitrogens with zero attached hydrogens (tertiary/aromatic N) is 1. The Balaban J connectivity index is 2.70. The highest BCUT2D eigenvalue weighted by Gasteiger charge is 2.24. The summed E-state index contributed by atoms with van der Waals surface area (Å²) in [6, 6.07) is 6.06. The third-order valence-corrected chi connectivity index (χ3v) is 4.55. The first-order valence-corrected chi connectivity index (χ1v) is 9.29. The predicted octanol–water partition coefficient (Wildman–Crippen LogP) is 3.27. The number of hydrogen-bond acceptors (Lipinski definition) is 6. The number of rotatable bonds is 11. The number of aromatic amines is 1. The average molecular weight is 387 g/mol. The minimum absolute atomic E-state index is 0.511. The maximum atomic E-state index is 9.67. The molecule has 1 aromatic heterocycles. The Hall–Kier alpha value is -2.69. The Labute approximate surface area is 166 Å². The SMILES string of the molecule is CCCNCc1[nH]c(C#N)c(CCOC)c1-c1ccc(OC)c(OC)c1OC. The molecule has 2 rings (SSSR count). The molecule has 0 unspecified atom stereocenters. The van der Waals surface area contributed by atoms with Gasteiger partial charge in [0.15, 0.2) is 11.5 Å². The molecule has 28 heavy (non-hydrogen) atoms. The molecule has 0 atom stereocenters. The molecule has 0 radical (unpaired) electrons. The minimum Gasteiger partial charge on any atom is -0.493 e. The van der Waals surface area contributed by atoms with E-state index in [-0.39, 0.29) is 0 Å². The van der Waals surface area contributed by atoms with Gasteiger partial charge in [0.1, 0.15) is 11.8 Å². The molecular weight excluding hydrogens is 358 g/mol. The van der Waals surface area contributed by atoms with Crippen molar-refractivity contribution >= 4 is 0 Å². The summed E-state index contributed by atoms with van der Waals surface area (Å²) in [7, 11) is 6.42. The van der Waals surface area contributed by atoms with Crippen LogP contribution in [0, 0.1) is 11.3 Å². The van der Waals surface area contributed by atoms with E-state index in [1.165, 1.54) is 0 Å². The molecule has 0 amide bonds. The average Bonchev–Trinajstić information content (AvgIpc) is 3.08. The van der Waals surface area contributed by atoms with Crippen LogP contribution >= 0.6 is 0 Å². The van der Waals surface area contributed by atoms with Crippen LogP contribution in [0.3, 0.4) is 0 Å². The fourth-order valence-electron chi connectivity index (χ4n) is 3.29. The zero-order valence-electron chi connectivity index (χ0n) is 17.3. The number of methoxy groups -OCH3 is 4. The first kappa shape index (κ1) is 21.6. The van der Waals surface area contributed by atoms with Crippen molar-refractivity contribution in [1.82, 2.24) is 10.3 Å². The Bertz CT molecular complexity index is 824. The molecule has 2 aromatic rings. The van der Waals surface area contributed by atoms with Gasteiger partial charge in [-0.3, -0.25) is 0 Å². The van der Waals surface area contributed by atoms with Gasteiger partial charge in [-0.1, -0.05) is 6.92 Å². The summed E-state index contributed by atoms with van der Waals surface area (Å²) in [5.41, 5.74) is 4.16. The van der Waals surface area contributed by atoms with Gasteiger partial charge >= 0.3 is 0 Å². The molecule has 0 aliphatic rings. The molecule has 0 fully saturated rings. The van der Waals surface area contributed by atoms with Crippen molar-refractivity contribution in [1.29, 1.82) is 5.26 Å². The normalized spacial score (nSPS) is 10.6. The highest BCUT2D eigenvalue weighted by Crippen LogP contribution is 2.46. The summed E-state index contributed by atoms with van der Waals surface area (Å²) in [4.78, 5) is 3.28. The second kappa shape index (κ2) is 10.6. The van der Waals surface area contributed by atoms with Gasteiger partial charge in [-0.2, -0.15) is 5.26 Å². The summed E-state index contributed by atoms with van der Waals surface area (Å²) >= 11 is 0. The van der Waals surface area contributed by atoms with E-state index in [1.54, 1.807) is 28.4 Å². The molecule has 1 heterocycles. The molecule has 0 aliphatic carbocycles. The topological polar surface area (TPSA) is 88.5 Å². The van der Waals surface area contributed by atoms with Crippen LogP contribution in [0.25, 0.3) is 11.1 Å². The van der Waals surface area contributed by atoms with E-state index >= 15 is 0 Å². The van der Waals surface area contributed by atoms with Crippen LogP contribution in [0.1, 0.15) is 30.3 Å². The Morgan fingerprint density at radius 1 is 1.07 bits per heavy atom. The second-order valence-corrected chi connectivity index (χ2v) is 6.25. The lowest BCUT2D eigenvalue weighted by molar-refractivity contribution is 0.202. The molecule has 0 aliphatic heterocycles. The Kier molecular flexibility index (Phi) is 8.18. The lowest BCUT2D eigenvalue weighted by atomic mass is 9.96. The largest absolute Gasteiger partial charge is 0.493 e. The number of H-pyrrole nitrogens is 1. The van der Waals surface area contributed by atoms with E-state index in [0.29, 0.717) is 42.5 Å². The van der Waals surface area contributed by atoms with Crippen LogP contribution in [-0.4, -0.2) is 46.6 Å². The van der Waals surface area contributed by atoms with E-state index in [9.17, 15) is 5.26 Å². The lowest BCUT2D eigenvalue weighted by Crippen LogP contribution is -2.14. The monoisotopic (exact) mass is 387 g/mol. The van der Waals surface area contributed by atoms with E-state index in [4.69, 9.17) is 18.9 Å². The molecule has 1 aromatic carbocycles. The van der Waals surface area contributed by atoms with E-state index in [0.717, 1.165) is 35.3 Å². The molecular formula is C21H29N3O4. The summed E-state index contributed by atoms with van der Waals surface area (Å²) in [5.74, 6) is 1.68. The maximum absolute atomic E-state index is 9.67. The molecule has 0 saturated carbocycles. The molecule has 0 bridgehead atoms. The lowest BCUT2D eigenvalue weighted by Gasteiger charge is -2.17. The second-order valence-electron chi connectivity index (χ2n) is 6.25. The van der Waals surface area contributed by atoms with E-state index in [2.05, 4.69) is 23.3 Å². The quantitative estimate of drug-likeness (QED) is 0.575. The van der Waals surface area contributed by atoms with Crippen molar-refractivity contribution in [3.63, 3.8) is 0 Å². The molecule has 152 valence electrons. The zero-order valence-corrected chi connectivity index (χ0v) is 17.3. The van der Waals surface area contributed by atoms with Crippen molar-refractivity contribution in [2.45, 2.75) is 26.3 Å². The third kappa shape index (κ3) is 4.41. The molecule has 7 nitrogen and oxygen atoms in total. The zero-order chi connectivity index (χ0) is 20.5. The fourth-order valence-corrected chi connectivity index (χ4v) is 3.29. The van der Waals surface area contributed by atoms with Gasteiger partial charge < -0.3 is 29.2 Å². The van der Waals surface area contributed by atoms with E-state index in [1.807, 2.05) is 12.1 Å². The van der Waals surface area contributed by atoms with Gasteiger partial charge in [-0.05, 0) is 37.1 Å². The highest BCUT2D eigenvalue weighted by atomic mass is 16.5. The number of benzene rings is 1. The van der Waals surface area contributed by atoms with Crippen molar-refractivity contribution < 1.29 is 18.9 Å².